The monoisotopic (exact) mass is 200 g/mol. The Kier molecular flexibility index (Phi) is 1.95. The third-order valence-corrected chi connectivity index (χ3v) is 4.46. The van der Waals surface area contributed by atoms with Gasteiger partial charge in [-0.05, 0) is 61.5 Å². The van der Waals surface area contributed by atoms with E-state index in [1.165, 1.54) is 50.5 Å². The fourth-order valence-electron chi connectivity index (χ4n) is 3.24. The molecule has 1 unspecified atom stereocenters. The molecule has 3 aliphatic rings. The van der Waals surface area contributed by atoms with E-state index in [0.717, 1.165) is 0 Å². The van der Waals surface area contributed by atoms with E-state index in [2.05, 4.69) is 19.6 Å². The minimum atomic E-state index is 0.467. The first-order chi connectivity index (χ1) is 7.19. The lowest BCUT2D eigenvalue weighted by Gasteiger charge is -2.41. The van der Waals surface area contributed by atoms with Crippen molar-refractivity contribution in [3.05, 3.63) is 34.9 Å². The number of hydrogen-bond donors (Lipinski definition) is 0. The van der Waals surface area contributed by atoms with Crippen LogP contribution >= 0.6 is 0 Å². The first-order valence-corrected chi connectivity index (χ1v) is 6.30. The standard InChI is InChI=1S/C15H20/c1-11-4-3-8-15(2)9-7-13(10-14(11)15)12-5-6-12/h10H,1,3-9H2,2H3. The Hall–Kier alpha value is -0.780. The summed E-state index contributed by atoms with van der Waals surface area (Å²) in [6.45, 7) is 6.71. The van der Waals surface area contributed by atoms with Crippen LogP contribution in [0, 0.1) is 5.41 Å². The van der Waals surface area contributed by atoms with Gasteiger partial charge in [-0.2, -0.15) is 0 Å². The van der Waals surface area contributed by atoms with Crippen LogP contribution in [0.2, 0.25) is 0 Å². The summed E-state index contributed by atoms with van der Waals surface area (Å²) >= 11 is 0. The Morgan fingerprint density at radius 2 is 1.93 bits per heavy atom. The first-order valence-electron chi connectivity index (χ1n) is 6.30. The molecule has 2 saturated carbocycles. The van der Waals surface area contributed by atoms with E-state index < -0.39 is 0 Å². The molecule has 0 aromatic carbocycles. The number of fused-ring (bicyclic) bond motifs is 1. The second-order valence-electron chi connectivity index (χ2n) is 5.70. The molecule has 0 heterocycles. The van der Waals surface area contributed by atoms with Gasteiger partial charge in [-0.25, -0.2) is 0 Å². The van der Waals surface area contributed by atoms with Crippen LogP contribution in [0.25, 0.3) is 0 Å². The van der Waals surface area contributed by atoms with Gasteiger partial charge in [0.1, 0.15) is 0 Å². The lowest BCUT2D eigenvalue weighted by Crippen LogP contribution is -2.27. The van der Waals surface area contributed by atoms with E-state index in [1.807, 2.05) is 0 Å². The van der Waals surface area contributed by atoms with Gasteiger partial charge in [-0.15, -0.1) is 0 Å². The van der Waals surface area contributed by atoms with Crippen LogP contribution in [0.5, 0.6) is 0 Å². The minimum Gasteiger partial charge on any atom is -0.0955 e. The molecule has 2 fully saturated rings. The second-order valence-corrected chi connectivity index (χ2v) is 5.70. The molecule has 0 aliphatic heterocycles. The maximum absolute atomic E-state index is 4.27. The lowest BCUT2D eigenvalue weighted by atomic mass is 9.64. The zero-order valence-corrected chi connectivity index (χ0v) is 9.73. The molecule has 3 rings (SSSR count). The summed E-state index contributed by atoms with van der Waals surface area (Å²) in [5.74, 6) is 0. The molecule has 0 amide bonds. The topological polar surface area (TPSA) is 0 Å². The van der Waals surface area contributed by atoms with Gasteiger partial charge in [0.15, 0.2) is 0 Å². The third-order valence-electron chi connectivity index (χ3n) is 4.46. The van der Waals surface area contributed by atoms with Gasteiger partial charge in [0, 0.05) is 0 Å². The van der Waals surface area contributed by atoms with Crippen molar-refractivity contribution in [1.29, 1.82) is 0 Å². The summed E-state index contributed by atoms with van der Waals surface area (Å²) in [5.41, 5.74) is 6.86. The van der Waals surface area contributed by atoms with Crippen molar-refractivity contribution < 1.29 is 0 Å². The second kappa shape index (κ2) is 3.10. The first kappa shape index (κ1) is 9.45. The molecule has 0 aromatic rings. The van der Waals surface area contributed by atoms with Gasteiger partial charge < -0.3 is 0 Å². The van der Waals surface area contributed by atoms with Crippen LogP contribution in [-0.4, -0.2) is 0 Å². The molecular formula is C15H20. The van der Waals surface area contributed by atoms with Crippen LogP contribution in [0.15, 0.2) is 34.9 Å². The van der Waals surface area contributed by atoms with Crippen molar-refractivity contribution in [2.75, 3.05) is 0 Å². The predicted molar refractivity (Wildman–Crippen MR) is 64.7 cm³/mol. The van der Waals surface area contributed by atoms with Gasteiger partial charge in [-0.1, -0.05) is 30.7 Å². The molecule has 0 nitrogen and oxygen atoms in total. The summed E-state index contributed by atoms with van der Waals surface area (Å²) in [4.78, 5) is 0. The highest BCUT2D eigenvalue weighted by Gasteiger charge is 2.36. The normalized spacial score (nSPS) is 35.0. The Bertz CT molecular complexity index is 375. The van der Waals surface area contributed by atoms with Crippen LogP contribution < -0.4 is 0 Å². The fourth-order valence-corrected chi connectivity index (χ4v) is 3.24. The molecule has 80 valence electrons. The molecular weight excluding hydrogens is 180 g/mol. The van der Waals surface area contributed by atoms with Crippen molar-refractivity contribution in [2.24, 2.45) is 5.41 Å². The number of allylic oxidation sites excluding steroid dienone is 5. The highest BCUT2D eigenvalue weighted by molar-refractivity contribution is 5.47. The highest BCUT2D eigenvalue weighted by atomic mass is 14.4. The van der Waals surface area contributed by atoms with Crippen LogP contribution in [0.4, 0.5) is 0 Å². The molecule has 3 aliphatic carbocycles. The van der Waals surface area contributed by atoms with E-state index in [4.69, 9.17) is 0 Å². The van der Waals surface area contributed by atoms with Crippen molar-refractivity contribution in [1.82, 2.24) is 0 Å². The Morgan fingerprint density at radius 1 is 1.13 bits per heavy atom. The van der Waals surface area contributed by atoms with E-state index in [1.54, 1.807) is 16.7 Å². The predicted octanol–water partition coefficient (Wildman–Crippen LogP) is 4.54. The Morgan fingerprint density at radius 3 is 2.67 bits per heavy atom. The summed E-state index contributed by atoms with van der Waals surface area (Å²) in [6, 6.07) is 0. The van der Waals surface area contributed by atoms with Gasteiger partial charge in [-0.3, -0.25) is 0 Å². The molecule has 1 atom stereocenters. The molecule has 0 bridgehead atoms. The Balaban J connectivity index is 2.03. The smallest absolute Gasteiger partial charge is 0.00694 e. The zero-order chi connectivity index (χ0) is 10.5. The molecule has 0 spiro atoms. The minimum absolute atomic E-state index is 0.467. The maximum Gasteiger partial charge on any atom is -0.00694 e. The molecule has 0 heteroatoms. The van der Waals surface area contributed by atoms with Crippen LogP contribution in [0.1, 0.15) is 51.9 Å². The molecule has 0 radical (unpaired) electrons. The highest BCUT2D eigenvalue weighted by Crippen LogP contribution is 2.51. The van der Waals surface area contributed by atoms with E-state index in [-0.39, 0.29) is 0 Å². The fraction of sp³-hybridized carbons (Fsp3) is 0.600. The van der Waals surface area contributed by atoms with E-state index in [9.17, 15) is 0 Å². The lowest BCUT2D eigenvalue weighted by molar-refractivity contribution is 0.301. The SMILES string of the molecule is C=C1CCCC2(C)CCC(=C3CC3)C=C12. The summed E-state index contributed by atoms with van der Waals surface area (Å²) in [5, 5.41) is 0. The number of hydrogen-bond acceptors (Lipinski definition) is 0. The Labute approximate surface area is 92.8 Å². The van der Waals surface area contributed by atoms with Crippen LogP contribution in [0.3, 0.4) is 0 Å². The molecule has 0 aromatic heterocycles. The zero-order valence-electron chi connectivity index (χ0n) is 9.73. The average molecular weight is 200 g/mol. The molecule has 0 N–H and O–H groups in total. The van der Waals surface area contributed by atoms with Crippen molar-refractivity contribution >= 4 is 0 Å². The van der Waals surface area contributed by atoms with Crippen molar-refractivity contribution in [3.63, 3.8) is 0 Å². The summed E-state index contributed by atoms with van der Waals surface area (Å²) in [6.07, 6.45) is 11.8. The molecule has 15 heavy (non-hydrogen) atoms. The average Bonchev–Trinajstić information content (AvgIpc) is 3.01. The van der Waals surface area contributed by atoms with Gasteiger partial charge in [0.05, 0.1) is 0 Å². The maximum atomic E-state index is 4.27. The third kappa shape index (κ3) is 1.51. The van der Waals surface area contributed by atoms with Crippen molar-refractivity contribution in [2.45, 2.75) is 51.9 Å². The summed E-state index contributed by atoms with van der Waals surface area (Å²) < 4.78 is 0. The van der Waals surface area contributed by atoms with Gasteiger partial charge >= 0.3 is 0 Å². The van der Waals surface area contributed by atoms with E-state index >= 15 is 0 Å². The number of rotatable bonds is 0. The van der Waals surface area contributed by atoms with Gasteiger partial charge in [0.2, 0.25) is 0 Å². The van der Waals surface area contributed by atoms with Gasteiger partial charge in [0.25, 0.3) is 0 Å². The molecule has 0 saturated heterocycles. The largest absolute Gasteiger partial charge is 0.0955 e. The van der Waals surface area contributed by atoms with E-state index in [0.29, 0.717) is 5.41 Å². The van der Waals surface area contributed by atoms with Crippen LogP contribution in [-0.2, 0) is 0 Å². The quantitative estimate of drug-likeness (QED) is 0.538. The summed E-state index contributed by atoms with van der Waals surface area (Å²) in [7, 11) is 0. The van der Waals surface area contributed by atoms with Crippen molar-refractivity contribution in [3.8, 4) is 0 Å².